The first-order valence-corrected chi connectivity index (χ1v) is 21.6. The second kappa shape index (κ2) is 14.1. The first-order chi connectivity index (χ1) is 31.2. The Hall–Kier alpha value is -8.33. The number of rotatable bonds is 6. The van der Waals surface area contributed by atoms with Crippen molar-refractivity contribution in [2.45, 2.75) is 0 Å². The Morgan fingerprint density at radius 1 is 0.397 bits per heavy atom. The Balaban J connectivity index is 0.980. The lowest BCUT2D eigenvalue weighted by atomic mass is 10.1. The van der Waals surface area contributed by atoms with Gasteiger partial charge in [-0.15, -0.1) is 11.3 Å². The zero-order valence-corrected chi connectivity index (χ0v) is 34.3. The maximum Gasteiger partial charge on any atom is 0.180 e. The van der Waals surface area contributed by atoms with Gasteiger partial charge >= 0.3 is 0 Å². The molecule has 0 radical (unpaired) electrons. The van der Waals surface area contributed by atoms with E-state index in [0.717, 1.165) is 86.9 Å². The summed E-state index contributed by atoms with van der Waals surface area (Å²) in [4.78, 5) is 25.9. The third-order valence-corrected chi connectivity index (χ3v) is 13.1. The van der Waals surface area contributed by atoms with E-state index in [2.05, 4.69) is 132 Å². The molecule has 7 nitrogen and oxygen atoms in total. The SMILES string of the molecule is c1ccc(-c2nc(-c3ccc4sc5c(-c6nc(-c7ccccc7)c7oc8ccccc8c7n6)cccc5c4c3)nc(-c3ccc4c5ccccc5n(-c5ccccc5)c4c3)n2)cc1. The van der Waals surface area contributed by atoms with E-state index >= 15 is 0 Å². The molecule has 0 aliphatic carbocycles. The van der Waals surface area contributed by atoms with Crippen LogP contribution in [-0.2, 0) is 0 Å². The summed E-state index contributed by atoms with van der Waals surface area (Å²) in [5.74, 6) is 2.48. The number of fused-ring (bicyclic) bond motifs is 9. The van der Waals surface area contributed by atoms with E-state index < -0.39 is 0 Å². The number of thiophene rings is 1. The molecule has 0 spiro atoms. The second-order valence-electron chi connectivity index (χ2n) is 15.6. The summed E-state index contributed by atoms with van der Waals surface area (Å²) in [6, 6.07) is 66.9. The van der Waals surface area contributed by atoms with Crippen molar-refractivity contribution in [2.75, 3.05) is 0 Å². The van der Waals surface area contributed by atoms with Crippen molar-refractivity contribution in [1.29, 1.82) is 0 Å². The Morgan fingerprint density at radius 3 is 1.81 bits per heavy atom. The van der Waals surface area contributed by atoms with Crippen molar-refractivity contribution < 1.29 is 4.42 Å². The highest BCUT2D eigenvalue weighted by Gasteiger charge is 2.21. The third-order valence-electron chi connectivity index (χ3n) is 11.9. The van der Waals surface area contributed by atoms with Crippen LogP contribution in [-0.4, -0.2) is 29.5 Å². The first kappa shape index (κ1) is 35.4. The third kappa shape index (κ3) is 5.76. The first-order valence-electron chi connectivity index (χ1n) is 20.8. The van der Waals surface area contributed by atoms with E-state index in [1.165, 1.54) is 10.8 Å². The number of benzene rings is 8. The molecular weight excluding hydrogens is 793 g/mol. The van der Waals surface area contributed by atoms with Crippen LogP contribution in [0.15, 0.2) is 199 Å². The number of hydrogen-bond donors (Lipinski definition) is 0. The van der Waals surface area contributed by atoms with Crippen molar-refractivity contribution >= 4 is 75.4 Å². The van der Waals surface area contributed by atoms with E-state index in [0.29, 0.717) is 28.9 Å². The highest BCUT2D eigenvalue weighted by molar-refractivity contribution is 7.26. The van der Waals surface area contributed by atoms with Crippen molar-refractivity contribution in [1.82, 2.24) is 29.5 Å². The lowest BCUT2D eigenvalue weighted by Crippen LogP contribution is -2.00. The minimum Gasteiger partial charge on any atom is -0.452 e. The van der Waals surface area contributed by atoms with E-state index in [9.17, 15) is 0 Å². The molecule has 0 saturated heterocycles. The molecule has 0 saturated carbocycles. The molecule has 0 fully saturated rings. The molecule has 0 aliphatic heterocycles. The Bertz CT molecular complexity index is 3910. The zero-order valence-electron chi connectivity index (χ0n) is 33.5. The molecule has 0 unspecified atom stereocenters. The summed E-state index contributed by atoms with van der Waals surface area (Å²) < 4.78 is 11.0. The second-order valence-corrected chi connectivity index (χ2v) is 16.7. The van der Waals surface area contributed by atoms with E-state index in [-0.39, 0.29) is 0 Å². The van der Waals surface area contributed by atoms with Gasteiger partial charge in [0.05, 0.1) is 11.0 Å². The van der Waals surface area contributed by atoms with Gasteiger partial charge in [0, 0.05) is 69.8 Å². The number of para-hydroxylation sites is 3. The Morgan fingerprint density at radius 2 is 1.02 bits per heavy atom. The molecule has 13 aromatic rings. The number of nitrogens with zero attached hydrogens (tertiary/aromatic N) is 6. The molecule has 0 bridgehead atoms. The molecule has 0 atom stereocenters. The quantitative estimate of drug-likeness (QED) is 0.166. The van der Waals surface area contributed by atoms with E-state index in [4.69, 9.17) is 29.3 Å². The van der Waals surface area contributed by atoms with Gasteiger partial charge in [-0.1, -0.05) is 133 Å². The Labute approximate surface area is 364 Å². The highest BCUT2D eigenvalue weighted by Crippen LogP contribution is 2.43. The molecule has 5 heterocycles. The van der Waals surface area contributed by atoms with Crippen molar-refractivity contribution in [3.8, 4) is 62.5 Å². The predicted octanol–water partition coefficient (Wildman–Crippen LogP) is 14.4. The smallest absolute Gasteiger partial charge is 0.180 e. The maximum atomic E-state index is 6.41. The fourth-order valence-electron chi connectivity index (χ4n) is 8.93. The van der Waals surface area contributed by atoms with E-state index in [1.807, 2.05) is 66.7 Å². The van der Waals surface area contributed by atoms with Crippen LogP contribution in [0.25, 0.3) is 127 Å². The van der Waals surface area contributed by atoms with Crippen LogP contribution in [0.3, 0.4) is 0 Å². The van der Waals surface area contributed by atoms with Gasteiger partial charge in [-0.05, 0) is 60.7 Å². The van der Waals surface area contributed by atoms with E-state index in [1.54, 1.807) is 11.3 Å². The van der Waals surface area contributed by atoms with Crippen molar-refractivity contribution in [3.63, 3.8) is 0 Å². The average Bonchev–Trinajstić information content (AvgIpc) is 4.03. The number of hydrogen-bond acceptors (Lipinski definition) is 7. The van der Waals surface area contributed by atoms with Gasteiger partial charge in [0.1, 0.15) is 16.8 Å². The van der Waals surface area contributed by atoms with Gasteiger partial charge in [-0.25, -0.2) is 24.9 Å². The summed E-state index contributed by atoms with van der Waals surface area (Å²) in [6.45, 7) is 0. The largest absolute Gasteiger partial charge is 0.452 e. The minimum absolute atomic E-state index is 0.605. The standard InChI is InChI=1S/C55H32N6OS/c1-4-15-33(16-5-1)48-50-49(41-22-11-13-26-46(41)62-50)57-55(56-48)42-24-14-23-40-43-31-35(28-30-47(43)63-51(40)42)53-58-52(34-17-6-2-7-18-34)59-54(60-53)36-27-29-39-38-21-10-12-25-44(38)61(45(39)32-36)37-19-8-3-9-20-37/h1-32H. The van der Waals surface area contributed by atoms with Crippen LogP contribution in [0.1, 0.15) is 0 Å². The van der Waals surface area contributed by atoms with Crippen molar-refractivity contribution in [3.05, 3.63) is 194 Å². The number of aromatic nitrogens is 6. The van der Waals surface area contributed by atoms with Gasteiger partial charge in [-0.2, -0.15) is 0 Å². The van der Waals surface area contributed by atoms with Crippen LogP contribution in [0.5, 0.6) is 0 Å². The molecule has 13 rings (SSSR count). The predicted molar refractivity (Wildman–Crippen MR) is 257 cm³/mol. The number of furan rings is 1. The van der Waals surface area contributed by atoms with Gasteiger partial charge in [-0.3, -0.25) is 0 Å². The topological polar surface area (TPSA) is 82.5 Å². The fraction of sp³-hybridized carbons (Fsp3) is 0. The molecule has 8 aromatic carbocycles. The fourth-order valence-corrected chi connectivity index (χ4v) is 10.1. The van der Waals surface area contributed by atoms with Crippen molar-refractivity contribution in [2.24, 2.45) is 0 Å². The maximum absolute atomic E-state index is 6.41. The van der Waals surface area contributed by atoms with Crippen LogP contribution in [0.4, 0.5) is 0 Å². The summed E-state index contributed by atoms with van der Waals surface area (Å²) in [5, 5.41) is 5.57. The summed E-state index contributed by atoms with van der Waals surface area (Å²) in [7, 11) is 0. The lowest BCUT2D eigenvalue weighted by molar-refractivity contribution is 0.667. The van der Waals surface area contributed by atoms with Crippen LogP contribution >= 0.6 is 11.3 Å². The molecule has 0 aliphatic rings. The molecule has 294 valence electrons. The van der Waals surface area contributed by atoms with Gasteiger partial charge in [0.2, 0.25) is 0 Å². The lowest BCUT2D eigenvalue weighted by Gasteiger charge is -2.10. The highest BCUT2D eigenvalue weighted by atomic mass is 32.1. The summed E-state index contributed by atoms with van der Waals surface area (Å²) in [6.07, 6.45) is 0. The van der Waals surface area contributed by atoms with Crippen LogP contribution in [0, 0.1) is 0 Å². The molecule has 0 amide bonds. The monoisotopic (exact) mass is 824 g/mol. The molecular formula is C55H32N6OS. The molecule has 0 N–H and O–H groups in total. The molecule has 8 heteroatoms. The summed E-state index contributed by atoms with van der Waals surface area (Å²) >= 11 is 1.74. The zero-order chi connectivity index (χ0) is 41.4. The Kier molecular flexibility index (Phi) is 7.94. The van der Waals surface area contributed by atoms with Gasteiger partial charge in [0.25, 0.3) is 0 Å². The summed E-state index contributed by atoms with van der Waals surface area (Å²) in [5.41, 5.74) is 11.1. The normalized spacial score (nSPS) is 11.8. The van der Waals surface area contributed by atoms with Gasteiger partial charge in [0.15, 0.2) is 28.9 Å². The molecule has 5 aromatic heterocycles. The van der Waals surface area contributed by atoms with Crippen LogP contribution < -0.4 is 0 Å². The minimum atomic E-state index is 0.605. The van der Waals surface area contributed by atoms with Gasteiger partial charge < -0.3 is 8.98 Å². The van der Waals surface area contributed by atoms with Crippen LogP contribution in [0.2, 0.25) is 0 Å². The molecule has 63 heavy (non-hydrogen) atoms. The average molecular weight is 825 g/mol.